The third kappa shape index (κ3) is 4.24. The van der Waals surface area contributed by atoms with E-state index in [0.717, 1.165) is 0 Å². The Labute approximate surface area is 166 Å². The summed E-state index contributed by atoms with van der Waals surface area (Å²) in [6.07, 6.45) is 2.73. The van der Waals surface area contributed by atoms with E-state index < -0.39 is 5.82 Å². The van der Waals surface area contributed by atoms with E-state index in [-0.39, 0.29) is 24.0 Å². The van der Waals surface area contributed by atoms with Gasteiger partial charge in [-0.1, -0.05) is 12.1 Å². The van der Waals surface area contributed by atoms with E-state index in [1.807, 2.05) is 4.90 Å². The quantitative estimate of drug-likeness (QED) is 0.648. The van der Waals surface area contributed by atoms with Crippen LogP contribution in [0, 0.1) is 5.82 Å². The number of halogens is 1. The van der Waals surface area contributed by atoms with Gasteiger partial charge in [0.25, 0.3) is 5.56 Å². The topological polar surface area (TPSA) is 82.4 Å². The molecular weight excluding hydrogens is 377 g/mol. The highest BCUT2D eigenvalue weighted by Gasteiger charge is 2.25. The number of benzene rings is 1. The van der Waals surface area contributed by atoms with Crippen LogP contribution in [0.2, 0.25) is 0 Å². The number of ether oxygens (including phenoxy) is 2. The first-order chi connectivity index (χ1) is 14.1. The second-order valence-corrected chi connectivity index (χ2v) is 6.61. The largest absolute Gasteiger partial charge is 0.488 e. The molecule has 0 saturated carbocycles. The predicted octanol–water partition coefficient (Wildman–Crippen LogP) is 1.66. The first kappa shape index (κ1) is 19.0. The predicted molar refractivity (Wildman–Crippen MR) is 104 cm³/mol. The van der Waals surface area contributed by atoms with Crippen molar-refractivity contribution in [3.05, 3.63) is 65.1 Å². The minimum absolute atomic E-state index is 0.185. The Morgan fingerprint density at radius 1 is 1.28 bits per heavy atom. The van der Waals surface area contributed by atoms with Crippen molar-refractivity contribution in [3.8, 4) is 17.1 Å². The Morgan fingerprint density at radius 3 is 2.93 bits per heavy atom. The van der Waals surface area contributed by atoms with Gasteiger partial charge in [0, 0.05) is 25.9 Å². The fourth-order valence-electron chi connectivity index (χ4n) is 3.13. The van der Waals surface area contributed by atoms with Gasteiger partial charge in [0.15, 0.2) is 11.6 Å². The van der Waals surface area contributed by atoms with E-state index in [0.29, 0.717) is 37.0 Å². The molecule has 0 spiro atoms. The first-order valence-electron chi connectivity index (χ1n) is 9.20. The molecule has 2 aromatic heterocycles. The summed E-state index contributed by atoms with van der Waals surface area (Å²) in [7, 11) is 1.68. The van der Waals surface area contributed by atoms with Crippen LogP contribution < -0.4 is 15.2 Å². The van der Waals surface area contributed by atoms with Crippen molar-refractivity contribution in [1.29, 1.82) is 0 Å². The van der Waals surface area contributed by atoms with E-state index >= 15 is 0 Å². The summed E-state index contributed by atoms with van der Waals surface area (Å²) in [4.78, 5) is 27.1. The maximum atomic E-state index is 13.8. The molecular formula is C20H20FN5O3. The Balaban J connectivity index is 1.53. The smallest absolute Gasteiger partial charge is 0.255 e. The van der Waals surface area contributed by atoms with Crippen LogP contribution >= 0.6 is 0 Å². The summed E-state index contributed by atoms with van der Waals surface area (Å²) in [6, 6.07) is 9.40. The van der Waals surface area contributed by atoms with Crippen molar-refractivity contribution in [3.63, 3.8) is 0 Å². The number of anilines is 1. The summed E-state index contributed by atoms with van der Waals surface area (Å²) in [6.45, 7) is 1.67. The van der Waals surface area contributed by atoms with Crippen LogP contribution in [0.5, 0.6) is 5.75 Å². The molecule has 0 amide bonds. The molecule has 0 bridgehead atoms. The number of hydrogen-bond donors (Lipinski definition) is 0. The van der Waals surface area contributed by atoms with Crippen molar-refractivity contribution in [2.24, 2.45) is 7.05 Å². The fraction of sp³-hybridized carbons (Fsp3) is 0.300. The summed E-state index contributed by atoms with van der Waals surface area (Å²) < 4.78 is 26.6. The van der Waals surface area contributed by atoms with Gasteiger partial charge in [-0.15, -0.1) is 0 Å². The lowest BCUT2D eigenvalue weighted by Crippen LogP contribution is -2.47. The summed E-state index contributed by atoms with van der Waals surface area (Å²) in [5.74, 6) is 0.289. The summed E-state index contributed by atoms with van der Waals surface area (Å²) >= 11 is 0. The lowest BCUT2D eigenvalue weighted by atomic mass is 10.2. The molecule has 1 aliphatic rings. The van der Waals surface area contributed by atoms with Crippen molar-refractivity contribution in [2.75, 3.05) is 31.2 Å². The molecule has 9 heteroatoms. The van der Waals surface area contributed by atoms with Gasteiger partial charge in [0.05, 0.1) is 24.5 Å². The highest BCUT2D eigenvalue weighted by Crippen LogP contribution is 2.20. The minimum Gasteiger partial charge on any atom is -0.488 e. The average molecular weight is 397 g/mol. The highest BCUT2D eigenvalue weighted by atomic mass is 19.1. The van der Waals surface area contributed by atoms with Gasteiger partial charge >= 0.3 is 0 Å². The van der Waals surface area contributed by atoms with Crippen molar-refractivity contribution in [1.82, 2.24) is 19.5 Å². The van der Waals surface area contributed by atoms with E-state index in [1.165, 1.54) is 23.0 Å². The molecule has 4 rings (SSSR count). The second kappa shape index (κ2) is 8.36. The van der Waals surface area contributed by atoms with E-state index in [9.17, 15) is 9.18 Å². The second-order valence-electron chi connectivity index (χ2n) is 6.61. The number of aromatic nitrogens is 4. The van der Waals surface area contributed by atoms with Crippen LogP contribution in [0.3, 0.4) is 0 Å². The van der Waals surface area contributed by atoms with Gasteiger partial charge < -0.3 is 14.4 Å². The lowest BCUT2D eigenvalue weighted by Gasteiger charge is -2.34. The Morgan fingerprint density at radius 2 is 2.14 bits per heavy atom. The molecule has 1 aromatic carbocycles. The van der Waals surface area contributed by atoms with Crippen LogP contribution in [-0.2, 0) is 11.8 Å². The fourth-order valence-corrected chi connectivity index (χ4v) is 3.13. The third-order valence-corrected chi connectivity index (χ3v) is 4.64. The monoisotopic (exact) mass is 397 g/mol. The SMILES string of the molecule is Cn1c(N2CCOC(COc3ccccc3F)C2)nc(-c2ccncn2)cc1=O. The molecule has 29 heavy (non-hydrogen) atoms. The van der Waals surface area contributed by atoms with Crippen LogP contribution in [0.15, 0.2) is 53.7 Å². The molecule has 1 atom stereocenters. The number of hydrogen-bond acceptors (Lipinski definition) is 7. The van der Waals surface area contributed by atoms with Crippen LogP contribution in [0.25, 0.3) is 11.4 Å². The molecule has 1 saturated heterocycles. The van der Waals surface area contributed by atoms with Crippen molar-refractivity contribution in [2.45, 2.75) is 6.10 Å². The summed E-state index contributed by atoms with van der Waals surface area (Å²) in [5.41, 5.74) is 0.872. The van der Waals surface area contributed by atoms with Crippen molar-refractivity contribution >= 4 is 5.95 Å². The number of rotatable bonds is 5. The van der Waals surface area contributed by atoms with E-state index in [1.54, 1.807) is 37.5 Å². The van der Waals surface area contributed by atoms with Gasteiger partial charge in [-0.05, 0) is 18.2 Å². The zero-order chi connectivity index (χ0) is 20.2. The average Bonchev–Trinajstić information content (AvgIpc) is 2.76. The molecule has 0 aliphatic carbocycles. The van der Waals surface area contributed by atoms with Gasteiger partial charge in [0.1, 0.15) is 19.0 Å². The normalized spacial score (nSPS) is 16.6. The molecule has 0 N–H and O–H groups in total. The molecule has 150 valence electrons. The molecule has 1 fully saturated rings. The van der Waals surface area contributed by atoms with Gasteiger partial charge in [-0.25, -0.2) is 19.3 Å². The van der Waals surface area contributed by atoms with Crippen LogP contribution in [0.1, 0.15) is 0 Å². The Kier molecular flexibility index (Phi) is 5.48. The highest BCUT2D eigenvalue weighted by molar-refractivity contribution is 5.55. The Hall–Kier alpha value is -3.33. The Bertz CT molecular complexity index is 1040. The lowest BCUT2D eigenvalue weighted by molar-refractivity contribution is 0.00882. The number of morpholine rings is 1. The maximum absolute atomic E-state index is 13.8. The zero-order valence-corrected chi connectivity index (χ0v) is 15.9. The molecule has 8 nitrogen and oxygen atoms in total. The minimum atomic E-state index is -0.415. The van der Waals surface area contributed by atoms with Crippen LogP contribution in [-0.4, -0.2) is 51.9 Å². The third-order valence-electron chi connectivity index (χ3n) is 4.64. The standard InChI is InChI=1S/C20H20FN5O3/c1-25-19(27)10-17(16-6-7-22-13-23-16)24-20(25)26-8-9-28-14(11-26)12-29-18-5-3-2-4-15(18)21/h2-7,10,13-14H,8-9,11-12H2,1H3. The molecule has 3 heterocycles. The zero-order valence-electron chi connectivity index (χ0n) is 15.9. The van der Waals surface area contributed by atoms with E-state index in [2.05, 4.69) is 15.0 Å². The molecule has 1 aliphatic heterocycles. The number of nitrogens with zero attached hydrogens (tertiary/aromatic N) is 5. The van der Waals surface area contributed by atoms with Gasteiger partial charge in [-0.3, -0.25) is 9.36 Å². The van der Waals surface area contributed by atoms with Gasteiger partial charge in [-0.2, -0.15) is 0 Å². The maximum Gasteiger partial charge on any atom is 0.255 e. The molecule has 3 aromatic rings. The van der Waals surface area contributed by atoms with Crippen molar-refractivity contribution < 1.29 is 13.9 Å². The van der Waals surface area contributed by atoms with E-state index in [4.69, 9.17) is 9.47 Å². The number of para-hydroxylation sites is 1. The molecule has 1 unspecified atom stereocenters. The first-order valence-corrected chi connectivity index (χ1v) is 9.20. The molecule has 0 radical (unpaired) electrons. The summed E-state index contributed by atoms with van der Waals surface area (Å²) in [5, 5.41) is 0. The van der Waals surface area contributed by atoms with Gasteiger partial charge in [0.2, 0.25) is 5.95 Å². The van der Waals surface area contributed by atoms with Crippen LogP contribution in [0.4, 0.5) is 10.3 Å².